The summed E-state index contributed by atoms with van der Waals surface area (Å²) in [5.41, 5.74) is 1.29. The fraction of sp³-hybridized carbons (Fsp3) is 0.786. The number of aromatic nitrogens is 2. The summed E-state index contributed by atoms with van der Waals surface area (Å²) in [6.07, 6.45) is 3.15. The van der Waals surface area contributed by atoms with Crippen LogP contribution in [0.2, 0.25) is 0 Å². The Morgan fingerprint density at radius 3 is 2.67 bits per heavy atom. The second kappa shape index (κ2) is 6.11. The molecule has 1 aromatic heterocycles. The van der Waals surface area contributed by atoms with Crippen LogP contribution in [0.1, 0.15) is 37.6 Å². The van der Waals surface area contributed by atoms with E-state index in [0.717, 1.165) is 6.54 Å². The quantitative estimate of drug-likeness (QED) is 0.588. The molecular weight excluding hydrogens is 272 g/mol. The van der Waals surface area contributed by atoms with Crippen LogP contribution >= 0.6 is 0 Å². The van der Waals surface area contributed by atoms with Gasteiger partial charge in [-0.25, -0.2) is 0 Å². The molecule has 1 saturated carbocycles. The Balaban J connectivity index is 1.86. The summed E-state index contributed by atoms with van der Waals surface area (Å²) in [6.45, 7) is 7.17. The molecule has 2 N–H and O–H groups in total. The van der Waals surface area contributed by atoms with Gasteiger partial charge in [0.2, 0.25) is 0 Å². The molecule has 1 aromatic rings. The Kier molecular flexibility index (Phi) is 4.63. The van der Waals surface area contributed by atoms with Crippen LogP contribution in [0, 0.1) is 29.4 Å². The van der Waals surface area contributed by atoms with Crippen LogP contribution in [0.15, 0.2) is 0 Å². The van der Waals surface area contributed by atoms with Gasteiger partial charge in [-0.1, -0.05) is 13.3 Å². The van der Waals surface area contributed by atoms with Gasteiger partial charge in [0, 0.05) is 13.1 Å². The lowest BCUT2D eigenvalue weighted by atomic mass is 9.70. The summed E-state index contributed by atoms with van der Waals surface area (Å²) in [7, 11) is 0. The van der Waals surface area contributed by atoms with Crippen LogP contribution in [-0.4, -0.2) is 39.0 Å². The van der Waals surface area contributed by atoms with Gasteiger partial charge >= 0.3 is 5.69 Å². The third-order valence-electron chi connectivity index (χ3n) is 4.40. The number of nitrogens with one attached hydrogen (secondary N) is 1. The molecule has 0 aliphatic heterocycles. The predicted molar refractivity (Wildman–Crippen MR) is 79.2 cm³/mol. The summed E-state index contributed by atoms with van der Waals surface area (Å²) in [5, 5.41) is 28.4. The van der Waals surface area contributed by atoms with Crippen LogP contribution in [0.5, 0.6) is 0 Å². The largest absolute Gasteiger partial charge is 0.390 e. The monoisotopic (exact) mass is 296 g/mol. The van der Waals surface area contributed by atoms with Crippen molar-refractivity contribution in [2.75, 3.05) is 13.1 Å². The average Bonchev–Trinajstić information content (AvgIpc) is 2.62. The number of aryl methyl sites for hydroxylation is 1. The van der Waals surface area contributed by atoms with E-state index in [9.17, 15) is 15.2 Å². The topological polar surface area (TPSA) is 93.2 Å². The zero-order chi connectivity index (χ0) is 15.6. The summed E-state index contributed by atoms with van der Waals surface area (Å²) in [4.78, 5) is 10.5. The first-order valence-corrected chi connectivity index (χ1v) is 7.39. The van der Waals surface area contributed by atoms with Crippen LogP contribution in [0.4, 0.5) is 5.69 Å². The fourth-order valence-corrected chi connectivity index (χ4v) is 2.89. The lowest BCUT2D eigenvalue weighted by Crippen LogP contribution is -2.41. The highest BCUT2D eigenvalue weighted by atomic mass is 16.6. The molecule has 1 unspecified atom stereocenters. The second-order valence-corrected chi connectivity index (χ2v) is 6.41. The number of nitro groups is 1. The SMILES string of the molecule is Cc1nn(CC(O)CNCC2(C)CCC2)c(C)c1[N+](=O)[O-]. The first-order valence-electron chi connectivity index (χ1n) is 7.39. The third-order valence-corrected chi connectivity index (χ3v) is 4.40. The van der Waals surface area contributed by atoms with E-state index in [2.05, 4.69) is 17.3 Å². The standard InChI is InChI=1S/C14H24N4O3/c1-10-13(18(20)21)11(2)17(16-10)8-12(19)7-15-9-14(3)5-4-6-14/h12,15,19H,4-9H2,1-3H3. The first-order chi connectivity index (χ1) is 9.82. The van der Waals surface area contributed by atoms with Crippen molar-refractivity contribution in [2.24, 2.45) is 5.41 Å². The number of nitrogens with zero attached hydrogens (tertiary/aromatic N) is 3. The highest BCUT2D eigenvalue weighted by Crippen LogP contribution is 2.39. The minimum atomic E-state index is -0.605. The number of hydrogen-bond donors (Lipinski definition) is 2. The van der Waals surface area contributed by atoms with Crippen molar-refractivity contribution in [2.45, 2.75) is 52.7 Å². The summed E-state index contributed by atoms with van der Waals surface area (Å²) >= 11 is 0. The first kappa shape index (κ1) is 15.9. The van der Waals surface area contributed by atoms with Crippen LogP contribution in [-0.2, 0) is 6.54 Å². The molecule has 1 fully saturated rings. The second-order valence-electron chi connectivity index (χ2n) is 6.41. The summed E-state index contributed by atoms with van der Waals surface area (Å²) < 4.78 is 1.52. The minimum Gasteiger partial charge on any atom is -0.390 e. The van der Waals surface area contributed by atoms with Crippen molar-refractivity contribution in [3.8, 4) is 0 Å². The van der Waals surface area contributed by atoms with E-state index < -0.39 is 11.0 Å². The van der Waals surface area contributed by atoms with Gasteiger partial charge in [-0.3, -0.25) is 14.8 Å². The van der Waals surface area contributed by atoms with Crippen molar-refractivity contribution in [3.63, 3.8) is 0 Å². The van der Waals surface area contributed by atoms with Crippen molar-refractivity contribution in [1.82, 2.24) is 15.1 Å². The molecule has 0 amide bonds. The van der Waals surface area contributed by atoms with Gasteiger partial charge in [-0.15, -0.1) is 0 Å². The lowest BCUT2D eigenvalue weighted by molar-refractivity contribution is -0.386. The highest BCUT2D eigenvalue weighted by Gasteiger charge is 2.31. The maximum absolute atomic E-state index is 10.9. The Morgan fingerprint density at radius 1 is 1.52 bits per heavy atom. The average molecular weight is 296 g/mol. The van der Waals surface area contributed by atoms with Crippen molar-refractivity contribution < 1.29 is 10.0 Å². The van der Waals surface area contributed by atoms with Gasteiger partial charge in [0.15, 0.2) is 0 Å². The zero-order valence-corrected chi connectivity index (χ0v) is 12.9. The van der Waals surface area contributed by atoms with E-state index in [1.807, 2.05) is 0 Å². The third kappa shape index (κ3) is 3.59. The van der Waals surface area contributed by atoms with Crippen LogP contribution < -0.4 is 5.32 Å². The van der Waals surface area contributed by atoms with Crippen LogP contribution in [0.25, 0.3) is 0 Å². The molecule has 21 heavy (non-hydrogen) atoms. The number of aliphatic hydroxyl groups is 1. The Hall–Kier alpha value is -1.47. The van der Waals surface area contributed by atoms with Gasteiger partial charge in [-0.2, -0.15) is 5.10 Å². The van der Waals surface area contributed by atoms with E-state index in [1.165, 1.54) is 23.9 Å². The molecule has 7 nitrogen and oxygen atoms in total. The maximum atomic E-state index is 10.9. The Morgan fingerprint density at radius 2 is 2.19 bits per heavy atom. The van der Waals surface area contributed by atoms with Gasteiger partial charge in [0.1, 0.15) is 11.4 Å². The molecule has 1 heterocycles. The molecule has 2 rings (SSSR count). The molecule has 0 aromatic carbocycles. The van der Waals surface area contributed by atoms with Crippen molar-refractivity contribution in [3.05, 3.63) is 21.5 Å². The summed E-state index contributed by atoms with van der Waals surface area (Å²) in [6, 6.07) is 0. The number of rotatable bonds is 7. The van der Waals surface area contributed by atoms with Crippen molar-refractivity contribution in [1.29, 1.82) is 0 Å². The van der Waals surface area contributed by atoms with Crippen LogP contribution in [0.3, 0.4) is 0 Å². The fourth-order valence-electron chi connectivity index (χ4n) is 2.89. The molecule has 7 heteroatoms. The maximum Gasteiger partial charge on any atom is 0.312 e. The van der Waals surface area contributed by atoms with Crippen molar-refractivity contribution >= 4 is 5.69 Å². The molecule has 0 radical (unpaired) electrons. The number of aliphatic hydroxyl groups excluding tert-OH is 1. The predicted octanol–water partition coefficient (Wildman–Crippen LogP) is 1.55. The molecule has 0 spiro atoms. The molecule has 1 atom stereocenters. The van der Waals surface area contributed by atoms with E-state index in [4.69, 9.17) is 0 Å². The smallest absolute Gasteiger partial charge is 0.312 e. The molecule has 1 aliphatic carbocycles. The lowest BCUT2D eigenvalue weighted by Gasteiger charge is -2.38. The number of hydrogen-bond acceptors (Lipinski definition) is 5. The van der Waals surface area contributed by atoms with Gasteiger partial charge in [-0.05, 0) is 32.1 Å². The van der Waals surface area contributed by atoms with Gasteiger partial charge in [0.25, 0.3) is 0 Å². The minimum absolute atomic E-state index is 0.0390. The molecule has 0 saturated heterocycles. The normalized spacial score (nSPS) is 18.3. The van der Waals surface area contributed by atoms with E-state index in [-0.39, 0.29) is 12.2 Å². The highest BCUT2D eigenvalue weighted by molar-refractivity contribution is 5.39. The van der Waals surface area contributed by atoms with Gasteiger partial charge < -0.3 is 10.4 Å². The molecular formula is C14H24N4O3. The van der Waals surface area contributed by atoms with Gasteiger partial charge in [0.05, 0.1) is 17.6 Å². The molecule has 0 bridgehead atoms. The van der Waals surface area contributed by atoms with E-state index in [0.29, 0.717) is 23.3 Å². The van der Waals surface area contributed by atoms with E-state index >= 15 is 0 Å². The molecule has 1 aliphatic rings. The molecule has 118 valence electrons. The zero-order valence-electron chi connectivity index (χ0n) is 12.9. The summed E-state index contributed by atoms with van der Waals surface area (Å²) in [5.74, 6) is 0. The Bertz CT molecular complexity index is 523. The van der Waals surface area contributed by atoms with E-state index in [1.54, 1.807) is 13.8 Å². The Labute approximate surface area is 124 Å².